The molecule has 0 saturated carbocycles. The fourth-order valence-electron chi connectivity index (χ4n) is 3.20. The van der Waals surface area contributed by atoms with Crippen LogP contribution in [-0.2, 0) is 16.1 Å². The summed E-state index contributed by atoms with van der Waals surface area (Å²) in [6, 6.07) is 7.85. The Bertz CT molecular complexity index is 697. The van der Waals surface area contributed by atoms with E-state index in [9.17, 15) is 4.79 Å². The molecular formula is C17H24N4O2. The highest BCUT2D eigenvalue weighted by atomic mass is 16.5. The van der Waals surface area contributed by atoms with Crippen LogP contribution in [0.2, 0.25) is 0 Å². The average Bonchev–Trinajstić information content (AvgIpc) is 3.18. The maximum Gasteiger partial charge on any atom is 0.249 e. The van der Waals surface area contributed by atoms with Crippen LogP contribution in [0.1, 0.15) is 38.6 Å². The van der Waals surface area contributed by atoms with Gasteiger partial charge in [-0.05, 0) is 38.8 Å². The van der Waals surface area contributed by atoms with Crippen molar-refractivity contribution in [3.63, 3.8) is 0 Å². The summed E-state index contributed by atoms with van der Waals surface area (Å²) in [5.74, 6) is 0.790. The summed E-state index contributed by atoms with van der Waals surface area (Å²) in [5.41, 5.74) is 7.64. The van der Waals surface area contributed by atoms with E-state index >= 15 is 0 Å². The molecule has 0 radical (unpaired) electrons. The number of nitrogens with one attached hydrogen (secondary N) is 1. The third-order valence-electron chi connectivity index (χ3n) is 4.41. The summed E-state index contributed by atoms with van der Waals surface area (Å²) >= 11 is 0. The number of hydrogen-bond donors (Lipinski definition) is 2. The zero-order valence-corrected chi connectivity index (χ0v) is 13.7. The number of nitrogens with two attached hydrogens (primary N) is 1. The number of aryl methyl sites for hydroxylation is 1. The number of rotatable bonds is 5. The minimum atomic E-state index is -0.398. The molecule has 124 valence electrons. The van der Waals surface area contributed by atoms with Crippen LogP contribution < -0.4 is 11.1 Å². The van der Waals surface area contributed by atoms with Gasteiger partial charge in [0.1, 0.15) is 11.9 Å². The molecular weight excluding hydrogens is 292 g/mol. The highest BCUT2D eigenvalue weighted by molar-refractivity contribution is 5.81. The van der Waals surface area contributed by atoms with E-state index in [1.807, 2.05) is 25.1 Å². The number of carbonyl (C=O) groups is 1. The minimum absolute atomic E-state index is 0.00118. The predicted molar refractivity (Wildman–Crippen MR) is 88.9 cm³/mol. The van der Waals surface area contributed by atoms with Crippen molar-refractivity contribution in [3.8, 4) is 0 Å². The lowest BCUT2D eigenvalue weighted by molar-refractivity contribution is -0.132. The van der Waals surface area contributed by atoms with Crippen molar-refractivity contribution in [1.82, 2.24) is 14.9 Å². The Morgan fingerprint density at radius 3 is 2.96 bits per heavy atom. The number of ether oxygens (including phenoxy) is 1. The van der Waals surface area contributed by atoms with Crippen LogP contribution in [-0.4, -0.2) is 34.2 Å². The largest absolute Gasteiger partial charge is 0.364 e. The zero-order valence-electron chi connectivity index (χ0n) is 13.7. The molecule has 0 bridgehead atoms. The van der Waals surface area contributed by atoms with Crippen LogP contribution in [0.25, 0.3) is 11.0 Å². The summed E-state index contributed by atoms with van der Waals surface area (Å²) in [6.07, 6.45) is 1.17. The number of nitrogens with zero attached hydrogens (tertiary/aromatic N) is 2. The van der Waals surface area contributed by atoms with Gasteiger partial charge in [0.25, 0.3) is 0 Å². The Labute approximate surface area is 136 Å². The van der Waals surface area contributed by atoms with Crippen LogP contribution in [0.5, 0.6) is 0 Å². The number of fused-ring (bicyclic) bond motifs is 1. The summed E-state index contributed by atoms with van der Waals surface area (Å²) in [5, 5.41) is 3.03. The molecule has 1 fully saturated rings. The maximum absolute atomic E-state index is 12.4. The van der Waals surface area contributed by atoms with Gasteiger partial charge in [-0.25, -0.2) is 4.98 Å². The number of carbonyl (C=O) groups excluding carboxylic acids is 1. The van der Waals surface area contributed by atoms with E-state index in [4.69, 9.17) is 10.5 Å². The zero-order chi connectivity index (χ0) is 16.4. The second kappa shape index (κ2) is 6.68. The summed E-state index contributed by atoms with van der Waals surface area (Å²) in [4.78, 5) is 17.1. The third kappa shape index (κ3) is 3.09. The van der Waals surface area contributed by atoms with Gasteiger partial charge in [-0.1, -0.05) is 12.1 Å². The molecule has 1 aliphatic rings. The Balaban J connectivity index is 1.75. The van der Waals surface area contributed by atoms with Crippen LogP contribution >= 0.6 is 0 Å². The van der Waals surface area contributed by atoms with Gasteiger partial charge in [-0.3, -0.25) is 4.79 Å². The van der Waals surface area contributed by atoms with E-state index in [2.05, 4.69) is 27.9 Å². The highest BCUT2D eigenvalue weighted by Gasteiger charge is 2.31. The third-order valence-corrected chi connectivity index (χ3v) is 4.41. The van der Waals surface area contributed by atoms with Crippen LogP contribution in [0.4, 0.5) is 0 Å². The van der Waals surface area contributed by atoms with Crippen molar-refractivity contribution in [2.24, 2.45) is 5.73 Å². The Morgan fingerprint density at radius 2 is 2.26 bits per heavy atom. The molecule has 1 aromatic carbocycles. The average molecular weight is 316 g/mol. The molecule has 1 amide bonds. The lowest BCUT2D eigenvalue weighted by Gasteiger charge is -2.18. The van der Waals surface area contributed by atoms with Gasteiger partial charge in [0.2, 0.25) is 5.91 Å². The Kier molecular flexibility index (Phi) is 4.63. The van der Waals surface area contributed by atoms with Crippen LogP contribution in [0.15, 0.2) is 24.3 Å². The topological polar surface area (TPSA) is 82.2 Å². The summed E-state index contributed by atoms with van der Waals surface area (Å²) in [7, 11) is 0. The van der Waals surface area contributed by atoms with Crippen LogP contribution in [0, 0.1) is 0 Å². The van der Waals surface area contributed by atoms with Crippen molar-refractivity contribution < 1.29 is 9.53 Å². The number of para-hydroxylation sites is 2. The number of hydrogen-bond acceptors (Lipinski definition) is 4. The Hall–Kier alpha value is -1.92. The van der Waals surface area contributed by atoms with Gasteiger partial charge in [0.15, 0.2) is 0 Å². The molecule has 6 nitrogen and oxygen atoms in total. The molecule has 3 N–H and O–H groups in total. The number of benzene rings is 1. The first kappa shape index (κ1) is 16.0. The van der Waals surface area contributed by atoms with E-state index in [0.717, 1.165) is 36.2 Å². The van der Waals surface area contributed by atoms with Crippen molar-refractivity contribution in [2.45, 2.75) is 51.5 Å². The molecule has 1 saturated heterocycles. The second-order valence-electron chi connectivity index (χ2n) is 5.99. The SMILES string of the molecule is CCn1c(C(C)NC(=O)[C@@H]2CC[C@H](CN)O2)nc2ccccc21. The number of amides is 1. The second-order valence-corrected chi connectivity index (χ2v) is 5.99. The van der Waals surface area contributed by atoms with Gasteiger partial charge >= 0.3 is 0 Å². The first-order valence-corrected chi connectivity index (χ1v) is 8.25. The smallest absolute Gasteiger partial charge is 0.249 e. The van der Waals surface area contributed by atoms with Gasteiger partial charge in [0.05, 0.1) is 23.2 Å². The highest BCUT2D eigenvalue weighted by Crippen LogP contribution is 2.23. The first-order chi connectivity index (χ1) is 11.1. The van der Waals surface area contributed by atoms with Crippen molar-refractivity contribution in [2.75, 3.05) is 6.54 Å². The number of aromatic nitrogens is 2. The molecule has 1 aromatic heterocycles. The van der Waals surface area contributed by atoms with E-state index in [-0.39, 0.29) is 18.1 Å². The molecule has 1 unspecified atom stereocenters. The molecule has 3 rings (SSSR count). The molecule has 0 spiro atoms. The summed E-state index contributed by atoms with van der Waals surface area (Å²) < 4.78 is 7.80. The van der Waals surface area contributed by atoms with Crippen molar-refractivity contribution in [3.05, 3.63) is 30.1 Å². The molecule has 2 aromatic rings. The van der Waals surface area contributed by atoms with Crippen LogP contribution in [0.3, 0.4) is 0 Å². The lowest BCUT2D eigenvalue weighted by atomic mass is 10.2. The predicted octanol–water partition coefficient (Wildman–Crippen LogP) is 1.74. The normalized spacial score (nSPS) is 22.4. The van der Waals surface area contributed by atoms with E-state index in [1.165, 1.54) is 0 Å². The van der Waals surface area contributed by atoms with Gasteiger partial charge in [0, 0.05) is 13.1 Å². The van der Waals surface area contributed by atoms with Crippen molar-refractivity contribution >= 4 is 16.9 Å². The monoisotopic (exact) mass is 316 g/mol. The van der Waals surface area contributed by atoms with Gasteiger partial charge in [-0.2, -0.15) is 0 Å². The molecule has 1 aliphatic heterocycles. The van der Waals surface area contributed by atoms with Crippen molar-refractivity contribution in [1.29, 1.82) is 0 Å². The lowest BCUT2D eigenvalue weighted by Crippen LogP contribution is -2.37. The molecule has 3 atom stereocenters. The molecule has 2 heterocycles. The maximum atomic E-state index is 12.4. The Morgan fingerprint density at radius 1 is 1.48 bits per heavy atom. The van der Waals surface area contributed by atoms with E-state index in [0.29, 0.717) is 6.54 Å². The summed E-state index contributed by atoms with van der Waals surface area (Å²) in [6.45, 7) is 5.31. The standard InChI is InChI=1S/C17H24N4O2/c1-3-21-14-7-5-4-6-13(14)20-16(21)11(2)19-17(22)15-9-8-12(10-18)23-15/h4-7,11-12,15H,3,8-10,18H2,1-2H3,(H,19,22)/t11?,12-,15+/m1/s1. The van der Waals surface area contributed by atoms with Gasteiger partial charge in [-0.15, -0.1) is 0 Å². The minimum Gasteiger partial charge on any atom is -0.364 e. The first-order valence-electron chi connectivity index (χ1n) is 8.25. The van der Waals surface area contributed by atoms with E-state index in [1.54, 1.807) is 0 Å². The van der Waals surface area contributed by atoms with E-state index < -0.39 is 6.10 Å². The number of imidazole rings is 1. The quantitative estimate of drug-likeness (QED) is 0.880. The fourth-order valence-corrected chi connectivity index (χ4v) is 3.20. The fraction of sp³-hybridized carbons (Fsp3) is 0.529. The van der Waals surface area contributed by atoms with Gasteiger partial charge < -0.3 is 20.4 Å². The molecule has 23 heavy (non-hydrogen) atoms. The molecule has 6 heteroatoms. The molecule has 0 aliphatic carbocycles.